The van der Waals surface area contributed by atoms with Crippen LogP contribution in [0.25, 0.3) is 0 Å². The van der Waals surface area contributed by atoms with Gasteiger partial charge in [-0.15, -0.1) is 0 Å². The average Bonchev–Trinajstić information content (AvgIpc) is 3.25. The molecule has 0 unspecified atom stereocenters. The van der Waals surface area contributed by atoms with Gasteiger partial charge in [0.15, 0.2) is 0 Å². The number of hydrogen-bond donors (Lipinski definition) is 0. The maximum atomic E-state index is 13.0. The van der Waals surface area contributed by atoms with Crippen LogP contribution in [0, 0.1) is 0 Å². The zero-order valence-electron chi connectivity index (χ0n) is 16.0. The molecule has 1 spiro atoms. The van der Waals surface area contributed by atoms with Crippen molar-refractivity contribution >= 4 is 17.8 Å². The van der Waals surface area contributed by atoms with E-state index in [1.807, 2.05) is 0 Å². The van der Waals surface area contributed by atoms with Crippen LogP contribution in [0.5, 0.6) is 0 Å². The van der Waals surface area contributed by atoms with Crippen LogP contribution >= 0.6 is 0 Å². The third-order valence-electron chi connectivity index (χ3n) is 5.62. The minimum atomic E-state index is -0.770. The van der Waals surface area contributed by atoms with E-state index >= 15 is 0 Å². The first-order valence-electron chi connectivity index (χ1n) is 9.38. The Kier molecular flexibility index (Phi) is 5.84. The van der Waals surface area contributed by atoms with Crippen LogP contribution in [0.1, 0.15) is 37.9 Å². The lowest BCUT2D eigenvalue weighted by Crippen LogP contribution is -2.49. The number of ether oxygens (including phenoxy) is 1. The van der Waals surface area contributed by atoms with Crippen molar-refractivity contribution in [2.24, 2.45) is 0 Å². The highest BCUT2D eigenvalue weighted by Crippen LogP contribution is 2.39. The van der Waals surface area contributed by atoms with Gasteiger partial charge in [0.1, 0.15) is 17.8 Å². The number of methoxy groups -OCH3 is 1. The molecule has 2 aliphatic rings. The molecule has 2 heterocycles. The molecule has 8 heteroatoms. The predicted molar refractivity (Wildman–Crippen MR) is 96.7 cm³/mol. The number of carbonyl (C=O) groups excluding carboxylic acids is 3. The first-order chi connectivity index (χ1) is 13.0. The minimum absolute atomic E-state index is 0.243. The zero-order valence-corrected chi connectivity index (χ0v) is 16.0. The van der Waals surface area contributed by atoms with E-state index in [1.54, 1.807) is 37.5 Å². The molecular formula is C19H27N3O5. The number of hydrogen-bond acceptors (Lipinski definition) is 5. The Morgan fingerprint density at radius 3 is 2.67 bits per heavy atom. The first-order valence-corrected chi connectivity index (χ1v) is 9.38. The largest absolute Gasteiger partial charge is 0.467 e. The second-order valence-electron chi connectivity index (χ2n) is 7.21. The molecule has 1 aromatic heterocycles. The van der Waals surface area contributed by atoms with Gasteiger partial charge in [0, 0.05) is 20.7 Å². The van der Waals surface area contributed by atoms with Crippen LogP contribution in [0.4, 0.5) is 4.79 Å². The average molecular weight is 377 g/mol. The molecule has 0 N–H and O–H groups in total. The molecule has 1 aliphatic heterocycles. The first kappa shape index (κ1) is 19.4. The molecule has 0 aromatic carbocycles. The highest BCUT2D eigenvalue weighted by molar-refractivity contribution is 6.08. The van der Waals surface area contributed by atoms with Crippen molar-refractivity contribution in [2.75, 3.05) is 33.9 Å². The molecule has 0 radical (unpaired) electrons. The normalized spacial score (nSPS) is 19.2. The number of urea groups is 1. The Morgan fingerprint density at radius 2 is 2.04 bits per heavy atom. The maximum absolute atomic E-state index is 13.0. The summed E-state index contributed by atoms with van der Waals surface area (Å²) in [6.07, 6.45) is 5.79. The lowest BCUT2D eigenvalue weighted by atomic mass is 9.81. The summed E-state index contributed by atoms with van der Waals surface area (Å²) in [4.78, 5) is 42.8. The second kappa shape index (κ2) is 8.12. The van der Waals surface area contributed by atoms with E-state index in [0.717, 1.165) is 24.2 Å². The number of furan rings is 1. The lowest BCUT2D eigenvalue weighted by Gasteiger charge is -2.35. The summed E-state index contributed by atoms with van der Waals surface area (Å²) >= 11 is 0. The molecule has 8 nitrogen and oxygen atoms in total. The molecule has 1 aromatic rings. The number of amides is 4. The summed E-state index contributed by atoms with van der Waals surface area (Å²) in [6, 6.07) is 3.15. The van der Waals surface area contributed by atoms with Gasteiger partial charge in [-0.1, -0.05) is 19.3 Å². The summed E-state index contributed by atoms with van der Waals surface area (Å²) < 4.78 is 10.4. The molecule has 1 saturated heterocycles. The van der Waals surface area contributed by atoms with Crippen LogP contribution in [0.15, 0.2) is 22.8 Å². The standard InChI is InChI=1S/C19H27N3O5/c1-20-18(25)22(17(24)19(20)8-4-3-5-9-19)14-16(23)21(10-12-26-2)13-15-7-6-11-27-15/h6-7,11H,3-5,8-10,12-14H2,1-2H3. The molecule has 2 fully saturated rings. The van der Waals surface area contributed by atoms with Gasteiger partial charge in [0.25, 0.3) is 5.91 Å². The molecule has 148 valence electrons. The van der Waals surface area contributed by atoms with Gasteiger partial charge >= 0.3 is 6.03 Å². The fourth-order valence-corrected chi connectivity index (χ4v) is 3.99. The lowest BCUT2D eigenvalue weighted by molar-refractivity contribution is -0.141. The van der Waals surface area contributed by atoms with Gasteiger partial charge in [0.05, 0.1) is 19.4 Å². The number of carbonyl (C=O) groups is 3. The van der Waals surface area contributed by atoms with E-state index in [2.05, 4.69) is 0 Å². The summed E-state index contributed by atoms with van der Waals surface area (Å²) in [5.74, 6) is 0.0959. The van der Waals surface area contributed by atoms with Crippen LogP contribution in [-0.2, 0) is 20.9 Å². The highest BCUT2D eigenvalue weighted by Gasteiger charge is 2.55. The molecule has 27 heavy (non-hydrogen) atoms. The van der Waals surface area contributed by atoms with Crippen molar-refractivity contribution in [3.05, 3.63) is 24.2 Å². The van der Waals surface area contributed by atoms with Gasteiger partial charge in [-0.3, -0.25) is 14.5 Å². The summed E-state index contributed by atoms with van der Waals surface area (Å²) in [6.45, 7) is 0.728. The summed E-state index contributed by atoms with van der Waals surface area (Å²) in [5, 5.41) is 0. The van der Waals surface area contributed by atoms with E-state index in [1.165, 1.54) is 4.90 Å². The van der Waals surface area contributed by atoms with Crippen molar-refractivity contribution < 1.29 is 23.5 Å². The van der Waals surface area contributed by atoms with Crippen molar-refractivity contribution in [1.82, 2.24) is 14.7 Å². The fraction of sp³-hybridized carbons (Fsp3) is 0.632. The molecule has 1 aliphatic carbocycles. The van der Waals surface area contributed by atoms with E-state index < -0.39 is 5.54 Å². The third kappa shape index (κ3) is 3.71. The quantitative estimate of drug-likeness (QED) is 0.677. The van der Waals surface area contributed by atoms with Crippen molar-refractivity contribution in [3.63, 3.8) is 0 Å². The van der Waals surface area contributed by atoms with Gasteiger partial charge < -0.3 is 19.0 Å². The topological polar surface area (TPSA) is 83.3 Å². The van der Waals surface area contributed by atoms with E-state index in [0.29, 0.717) is 31.8 Å². The van der Waals surface area contributed by atoms with Crippen molar-refractivity contribution in [3.8, 4) is 0 Å². The van der Waals surface area contributed by atoms with E-state index in [4.69, 9.17) is 9.15 Å². The predicted octanol–water partition coefficient (Wildman–Crippen LogP) is 1.85. The van der Waals surface area contributed by atoms with Crippen LogP contribution in [0.3, 0.4) is 0 Å². The second-order valence-corrected chi connectivity index (χ2v) is 7.21. The summed E-state index contributed by atoms with van der Waals surface area (Å²) in [7, 11) is 3.23. The molecule has 3 rings (SSSR count). The number of likely N-dealkylation sites (N-methyl/N-ethyl adjacent to an activating group) is 1. The Bertz CT molecular complexity index is 682. The molecular weight excluding hydrogens is 350 g/mol. The number of rotatable bonds is 7. The zero-order chi connectivity index (χ0) is 19.4. The van der Waals surface area contributed by atoms with Crippen LogP contribution in [0.2, 0.25) is 0 Å². The highest BCUT2D eigenvalue weighted by atomic mass is 16.5. The Morgan fingerprint density at radius 1 is 1.30 bits per heavy atom. The Hall–Kier alpha value is -2.35. The van der Waals surface area contributed by atoms with Crippen LogP contribution in [-0.4, -0.2) is 71.9 Å². The smallest absolute Gasteiger partial charge is 0.327 e. The van der Waals surface area contributed by atoms with Crippen LogP contribution < -0.4 is 0 Å². The number of nitrogens with zero attached hydrogens (tertiary/aromatic N) is 3. The van der Waals surface area contributed by atoms with Gasteiger partial charge in [-0.05, 0) is 25.0 Å². The van der Waals surface area contributed by atoms with Gasteiger partial charge in [-0.25, -0.2) is 4.79 Å². The van der Waals surface area contributed by atoms with E-state index in [9.17, 15) is 14.4 Å². The fourth-order valence-electron chi connectivity index (χ4n) is 3.99. The Balaban J connectivity index is 1.72. The molecule has 0 atom stereocenters. The minimum Gasteiger partial charge on any atom is -0.467 e. The maximum Gasteiger partial charge on any atom is 0.327 e. The monoisotopic (exact) mass is 377 g/mol. The number of imide groups is 1. The molecule has 4 amide bonds. The third-order valence-corrected chi connectivity index (χ3v) is 5.62. The SMILES string of the molecule is COCCN(Cc1ccco1)C(=O)CN1C(=O)N(C)C2(CCCCC2)C1=O. The molecule has 1 saturated carbocycles. The Labute approximate surface area is 159 Å². The van der Waals surface area contributed by atoms with Crippen molar-refractivity contribution in [1.29, 1.82) is 0 Å². The van der Waals surface area contributed by atoms with Crippen molar-refractivity contribution in [2.45, 2.75) is 44.2 Å². The summed E-state index contributed by atoms with van der Waals surface area (Å²) in [5.41, 5.74) is -0.770. The van der Waals surface area contributed by atoms with Gasteiger partial charge in [-0.2, -0.15) is 0 Å². The van der Waals surface area contributed by atoms with E-state index in [-0.39, 0.29) is 30.9 Å². The molecule has 0 bridgehead atoms. The van der Waals surface area contributed by atoms with Gasteiger partial charge in [0.2, 0.25) is 5.91 Å².